The van der Waals surface area contributed by atoms with E-state index in [1.54, 1.807) is 11.3 Å². The van der Waals surface area contributed by atoms with Crippen molar-refractivity contribution in [3.63, 3.8) is 0 Å². The van der Waals surface area contributed by atoms with Gasteiger partial charge in [0.25, 0.3) is 5.91 Å². The van der Waals surface area contributed by atoms with E-state index in [1.807, 2.05) is 30.8 Å². The van der Waals surface area contributed by atoms with Gasteiger partial charge in [-0.05, 0) is 43.4 Å². The molecule has 1 N–H and O–H groups in total. The first-order valence-corrected chi connectivity index (χ1v) is 9.05. The molecule has 6 heteroatoms. The fraction of sp³-hybridized carbons (Fsp3) is 0.467. The third kappa shape index (κ3) is 4.61. The second-order valence-corrected chi connectivity index (χ2v) is 7.17. The molecule has 21 heavy (non-hydrogen) atoms. The Labute approximate surface area is 133 Å². The number of nitrogens with zero attached hydrogens (tertiary/aromatic N) is 1. The number of hydrogen-bond donors (Lipinski definition) is 1. The van der Waals surface area contributed by atoms with Gasteiger partial charge in [-0.3, -0.25) is 4.79 Å². The number of hydrogen-bond acceptors (Lipinski definition) is 5. The maximum atomic E-state index is 12.2. The summed E-state index contributed by atoms with van der Waals surface area (Å²) in [6.07, 6.45) is 3.50. The SMILES string of the molecule is CCCSCCCNC(=O)c1ncoc1-c1ccc(C)s1. The highest BCUT2D eigenvalue weighted by atomic mass is 32.2. The summed E-state index contributed by atoms with van der Waals surface area (Å²) in [4.78, 5) is 18.3. The second-order valence-electron chi connectivity index (χ2n) is 4.66. The molecule has 0 saturated heterocycles. The zero-order chi connectivity index (χ0) is 15.1. The Hall–Kier alpha value is -1.27. The number of nitrogens with one attached hydrogen (secondary N) is 1. The Morgan fingerprint density at radius 2 is 2.29 bits per heavy atom. The van der Waals surface area contributed by atoms with Gasteiger partial charge < -0.3 is 9.73 Å². The van der Waals surface area contributed by atoms with E-state index >= 15 is 0 Å². The molecule has 2 aromatic heterocycles. The minimum atomic E-state index is -0.162. The van der Waals surface area contributed by atoms with Gasteiger partial charge in [0.05, 0.1) is 4.88 Å². The van der Waals surface area contributed by atoms with Gasteiger partial charge in [-0.15, -0.1) is 11.3 Å². The van der Waals surface area contributed by atoms with E-state index in [0.29, 0.717) is 18.0 Å². The number of aromatic nitrogens is 1. The molecule has 0 aliphatic heterocycles. The molecule has 2 rings (SSSR count). The molecule has 2 heterocycles. The van der Waals surface area contributed by atoms with E-state index in [2.05, 4.69) is 17.2 Å². The first-order valence-electron chi connectivity index (χ1n) is 7.08. The zero-order valence-electron chi connectivity index (χ0n) is 12.3. The van der Waals surface area contributed by atoms with Crippen LogP contribution in [-0.2, 0) is 0 Å². The molecule has 0 bridgehead atoms. The van der Waals surface area contributed by atoms with Crippen LogP contribution in [0.3, 0.4) is 0 Å². The first-order chi connectivity index (χ1) is 10.2. The lowest BCUT2D eigenvalue weighted by atomic mass is 10.2. The molecule has 114 valence electrons. The van der Waals surface area contributed by atoms with Crippen LogP contribution in [0.5, 0.6) is 0 Å². The molecular weight excluding hydrogens is 304 g/mol. The summed E-state index contributed by atoms with van der Waals surface area (Å²) in [6.45, 7) is 4.87. The van der Waals surface area contributed by atoms with Gasteiger partial charge in [0.15, 0.2) is 17.8 Å². The number of carbonyl (C=O) groups is 1. The van der Waals surface area contributed by atoms with Crippen molar-refractivity contribution in [2.24, 2.45) is 0 Å². The van der Waals surface area contributed by atoms with Crippen LogP contribution in [-0.4, -0.2) is 28.9 Å². The van der Waals surface area contributed by atoms with Crippen LogP contribution in [0.2, 0.25) is 0 Å². The Bertz CT molecular complexity index is 578. The van der Waals surface area contributed by atoms with Crippen LogP contribution in [0.25, 0.3) is 10.6 Å². The van der Waals surface area contributed by atoms with Crippen LogP contribution < -0.4 is 5.32 Å². The van der Waals surface area contributed by atoms with Crippen molar-refractivity contribution in [3.8, 4) is 10.6 Å². The van der Waals surface area contributed by atoms with E-state index in [1.165, 1.54) is 23.4 Å². The van der Waals surface area contributed by atoms with Crippen molar-refractivity contribution < 1.29 is 9.21 Å². The normalized spacial score (nSPS) is 10.8. The number of oxazole rings is 1. The second kappa shape index (κ2) is 8.24. The summed E-state index contributed by atoms with van der Waals surface area (Å²) in [5.74, 6) is 2.65. The number of aryl methyl sites for hydroxylation is 1. The van der Waals surface area contributed by atoms with Crippen LogP contribution in [0.4, 0.5) is 0 Å². The molecule has 2 aromatic rings. The van der Waals surface area contributed by atoms with Gasteiger partial charge in [0.2, 0.25) is 0 Å². The van der Waals surface area contributed by atoms with Gasteiger partial charge in [0.1, 0.15) is 0 Å². The predicted octanol–water partition coefficient (Wildman–Crippen LogP) is 3.97. The average Bonchev–Trinajstić information content (AvgIpc) is 3.10. The van der Waals surface area contributed by atoms with E-state index < -0.39 is 0 Å². The van der Waals surface area contributed by atoms with E-state index in [9.17, 15) is 4.79 Å². The predicted molar refractivity (Wildman–Crippen MR) is 89.1 cm³/mol. The third-order valence-corrected chi connectivity index (χ3v) is 5.12. The fourth-order valence-electron chi connectivity index (χ4n) is 1.85. The minimum Gasteiger partial charge on any atom is -0.442 e. The number of rotatable bonds is 8. The van der Waals surface area contributed by atoms with Crippen molar-refractivity contribution in [1.82, 2.24) is 10.3 Å². The fourth-order valence-corrected chi connectivity index (χ4v) is 3.54. The molecule has 1 amide bonds. The van der Waals surface area contributed by atoms with Crippen molar-refractivity contribution in [3.05, 3.63) is 29.1 Å². The molecule has 0 unspecified atom stereocenters. The lowest BCUT2D eigenvalue weighted by Gasteiger charge is -2.04. The summed E-state index contributed by atoms with van der Waals surface area (Å²) in [5.41, 5.74) is 0.373. The Morgan fingerprint density at radius 3 is 3.00 bits per heavy atom. The summed E-state index contributed by atoms with van der Waals surface area (Å²) in [7, 11) is 0. The van der Waals surface area contributed by atoms with Crippen LogP contribution >= 0.6 is 23.1 Å². The summed E-state index contributed by atoms with van der Waals surface area (Å²) in [5, 5.41) is 2.91. The topological polar surface area (TPSA) is 55.1 Å². The number of amides is 1. The average molecular weight is 324 g/mol. The lowest BCUT2D eigenvalue weighted by Crippen LogP contribution is -2.25. The smallest absolute Gasteiger partial charge is 0.273 e. The van der Waals surface area contributed by atoms with Crippen molar-refractivity contribution in [2.75, 3.05) is 18.1 Å². The number of thioether (sulfide) groups is 1. The highest BCUT2D eigenvalue weighted by Crippen LogP contribution is 2.29. The molecule has 0 saturated carbocycles. The van der Waals surface area contributed by atoms with Crippen LogP contribution in [0.1, 0.15) is 35.1 Å². The highest BCUT2D eigenvalue weighted by molar-refractivity contribution is 7.99. The van der Waals surface area contributed by atoms with E-state index in [-0.39, 0.29) is 5.91 Å². The van der Waals surface area contributed by atoms with Crippen LogP contribution in [0, 0.1) is 6.92 Å². The Kier molecular flexibility index (Phi) is 6.32. The molecule has 0 radical (unpaired) electrons. The minimum absolute atomic E-state index is 0.162. The third-order valence-electron chi connectivity index (χ3n) is 2.85. The maximum absolute atomic E-state index is 12.2. The number of carbonyl (C=O) groups excluding carboxylic acids is 1. The maximum Gasteiger partial charge on any atom is 0.273 e. The molecule has 0 fully saturated rings. The Morgan fingerprint density at radius 1 is 1.43 bits per heavy atom. The molecule has 0 atom stereocenters. The molecular formula is C15H20N2O2S2. The van der Waals surface area contributed by atoms with Crippen LogP contribution in [0.15, 0.2) is 22.9 Å². The monoisotopic (exact) mass is 324 g/mol. The van der Waals surface area contributed by atoms with Gasteiger partial charge in [-0.25, -0.2) is 4.98 Å². The molecule has 0 aliphatic carbocycles. The molecule has 0 aliphatic rings. The van der Waals surface area contributed by atoms with E-state index in [0.717, 1.165) is 17.1 Å². The largest absolute Gasteiger partial charge is 0.442 e. The number of thiophene rings is 1. The lowest BCUT2D eigenvalue weighted by molar-refractivity contribution is 0.0949. The summed E-state index contributed by atoms with van der Waals surface area (Å²) < 4.78 is 5.38. The standard InChI is InChI=1S/C15H20N2O2S2/c1-3-8-20-9-4-7-16-15(18)13-14(19-10-17-13)12-6-5-11(2)21-12/h5-6,10H,3-4,7-9H2,1-2H3,(H,16,18). The van der Waals surface area contributed by atoms with Gasteiger partial charge in [-0.2, -0.15) is 11.8 Å². The summed E-state index contributed by atoms with van der Waals surface area (Å²) >= 11 is 3.52. The van der Waals surface area contributed by atoms with Gasteiger partial charge in [-0.1, -0.05) is 6.92 Å². The highest BCUT2D eigenvalue weighted by Gasteiger charge is 2.18. The van der Waals surface area contributed by atoms with E-state index in [4.69, 9.17) is 4.42 Å². The van der Waals surface area contributed by atoms with Crippen molar-refractivity contribution in [1.29, 1.82) is 0 Å². The van der Waals surface area contributed by atoms with Crippen molar-refractivity contribution >= 4 is 29.0 Å². The zero-order valence-corrected chi connectivity index (χ0v) is 14.0. The summed E-state index contributed by atoms with van der Waals surface area (Å²) in [6, 6.07) is 3.97. The molecule has 0 aromatic carbocycles. The van der Waals surface area contributed by atoms with Crippen molar-refractivity contribution in [2.45, 2.75) is 26.7 Å². The first kappa shape index (κ1) is 16.1. The molecule has 0 spiro atoms. The van der Waals surface area contributed by atoms with Gasteiger partial charge in [0, 0.05) is 11.4 Å². The van der Waals surface area contributed by atoms with Gasteiger partial charge >= 0.3 is 0 Å². The molecule has 4 nitrogen and oxygen atoms in total. The Balaban J connectivity index is 1.87. The quantitative estimate of drug-likeness (QED) is 0.746.